The van der Waals surface area contributed by atoms with Crippen molar-refractivity contribution >= 4 is 37.1 Å². The predicted molar refractivity (Wildman–Crippen MR) is 99.5 cm³/mol. The molecule has 0 N–H and O–H groups in total. The summed E-state index contributed by atoms with van der Waals surface area (Å²) in [4.78, 5) is 4.52. The van der Waals surface area contributed by atoms with Crippen molar-refractivity contribution in [2.75, 3.05) is 0 Å². The molecule has 2 heteroatoms. The van der Waals surface area contributed by atoms with Crippen LogP contribution in [0.4, 0.5) is 0 Å². The first kappa shape index (κ1) is 15.0. The second-order valence-corrected chi connectivity index (χ2v) is 7.92. The number of allylic oxidation sites excluding steroid dienone is 2. The van der Waals surface area contributed by atoms with Crippen molar-refractivity contribution in [3.05, 3.63) is 61.0 Å². The highest BCUT2D eigenvalue weighted by Crippen LogP contribution is 2.40. The van der Waals surface area contributed by atoms with E-state index in [0.717, 1.165) is 17.7 Å². The van der Waals surface area contributed by atoms with Crippen LogP contribution in [0.3, 0.4) is 0 Å². The number of benzene rings is 1. The zero-order valence-corrected chi connectivity index (χ0v) is 14.3. The quantitative estimate of drug-likeness (QED) is 0.522. The number of hydrogen-bond donors (Lipinski definition) is 0. The van der Waals surface area contributed by atoms with Gasteiger partial charge in [-0.2, -0.15) is 0 Å². The van der Waals surface area contributed by atoms with Crippen LogP contribution in [0, 0.1) is 5.41 Å². The molecule has 0 aliphatic heterocycles. The zero-order chi connectivity index (χ0) is 15.9. The lowest BCUT2D eigenvalue weighted by Gasteiger charge is -2.18. The van der Waals surface area contributed by atoms with Crippen molar-refractivity contribution in [1.29, 1.82) is 0 Å². The highest BCUT2D eigenvalue weighted by molar-refractivity contribution is 7.26. The Balaban J connectivity index is 2.32. The molecule has 1 aromatic carbocycles. The minimum atomic E-state index is 0.274. The number of fused-ring (bicyclic) bond motifs is 3. The third-order valence-electron chi connectivity index (χ3n) is 3.77. The lowest BCUT2D eigenvalue weighted by Crippen LogP contribution is -2.08. The fourth-order valence-electron chi connectivity index (χ4n) is 2.82. The molecular weight excluding hydrogens is 286 g/mol. The Labute approximate surface area is 136 Å². The summed E-state index contributed by atoms with van der Waals surface area (Å²) in [6.07, 6.45) is 4.72. The van der Waals surface area contributed by atoms with Crippen LogP contribution in [0.5, 0.6) is 0 Å². The van der Waals surface area contributed by atoms with Gasteiger partial charge >= 0.3 is 0 Å². The summed E-state index contributed by atoms with van der Waals surface area (Å²) in [6, 6.07) is 8.73. The number of thiophene rings is 1. The normalized spacial score (nSPS) is 12.0. The van der Waals surface area contributed by atoms with E-state index in [-0.39, 0.29) is 5.41 Å². The predicted octanol–water partition coefficient (Wildman–Crippen LogP) is 6.24. The maximum atomic E-state index is 4.52. The molecule has 0 saturated carbocycles. The van der Waals surface area contributed by atoms with Crippen molar-refractivity contribution in [1.82, 2.24) is 4.98 Å². The molecule has 0 spiro atoms. The van der Waals surface area contributed by atoms with E-state index in [1.54, 1.807) is 6.08 Å². The van der Waals surface area contributed by atoms with E-state index in [1.165, 1.54) is 25.7 Å². The standard InChI is InChI=1S/C20H21NS/c1-6-13(2)17-19-16(10-11-21-17)15-9-7-8-14(18(15)22-19)12-20(3,4)5/h6-11H,1-2,12H2,3-5H3. The van der Waals surface area contributed by atoms with Crippen LogP contribution < -0.4 is 0 Å². The van der Waals surface area contributed by atoms with Crippen molar-refractivity contribution in [2.24, 2.45) is 5.41 Å². The van der Waals surface area contributed by atoms with Gasteiger partial charge in [-0.15, -0.1) is 11.3 Å². The number of aromatic nitrogens is 1. The summed E-state index contributed by atoms with van der Waals surface area (Å²) < 4.78 is 2.59. The first-order valence-electron chi connectivity index (χ1n) is 7.51. The topological polar surface area (TPSA) is 12.9 Å². The number of hydrogen-bond acceptors (Lipinski definition) is 2. The van der Waals surface area contributed by atoms with Gasteiger partial charge in [0.05, 0.1) is 10.4 Å². The van der Waals surface area contributed by atoms with Gasteiger partial charge in [0.25, 0.3) is 0 Å². The summed E-state index contributed by atoms with van der Waals surface area (Å²) >= 11 is 1.83. The minimum absolute atomic E-state index is 0.274. The molecule has 0 unspecified atom stereocenters. The fraction of sp³-hybridized carbons (Fsp3) is 0.250. The van der Waals surface area contributed by atoms with E-state index in [4.69, 9.17) is 0 Å². The Kier molecular flexibility index (Phi) is 3.65. The van der Waals surface area contributed by atoms with Gasteiger partial charge < -0.3 is 0 Å². The number of pyridine rings is 1. The maximum absolute atomic E-state index is 4.52. The van der Waals surface area contributed by atoms with E-state index >= 15 is 0 Å². The van der Waals surface area contributed by atoms with Crippen LogP contribution in [-0.4, -0.2) is 4.98 Å². The molecule has 1 nitrogen and oxygen atoms in total. The van der Waals surface area contributed by atoms with Crippen molar-refractivity contribution in [3.8, 4) is 0 Å². The van der Waals surface area contributed by atoms with Gasteiger partial charge in [0.2, 0.25) is 0 Å². The maximum Gasteiger partial charge on any atom is 0.0874 e. The molecule has 3 aromatic rings. The minimum Gasteiger partial charge on any atom is -0.255 e. The summed E-state index contributed by atoms with van der Waals surface area (Å²) in [5.74, 6) is 0. The highest BCUT2D eigenvalue weighted by Gasteiger charge is 2.17. The molecule has 0 bridgehead atoms. The Morgan fingerprint density at radius 2 is 1.91 bits per heavy atom. The van der Waals surface area contributed by atoms with Crippen LogP contribution in [-0.2, 0) is 6.42 Å². The lowest BCUT2D eigenvalue weighted by molar-refractivity contribution is 0.413. The summed E-state index contributed by atoms with van der Waals surface area (Å²) in [6.45, 7) is 14.8. The molecule has 0 aliphatic carbocycles. The van der Waals surface area contributed by atoms with E-state index in [9.17, 15) is 0 Å². The van der Waals surface area contributed by atoms with Gasteiger partial charge in [0.15, 0.2) is 0 Å². The average Bonchev–Trinajstić information content (AvgIpc) is 2.85. The third-order valence-corrected chi connectivity index (χ3v) is 5.07. The smallest absolute Gasteiger partial charge is 0.0874 e. The SMILES string of the molecule is C=CC(=C)c1nccc2c1sc1c(CC(C)(C)C)cccc12. The molecule has 2 aromatic heterocycles. The van der Waals surface area contributed by atoms with Crippen LogP contribution in [0.2, 0.25) is 0 Å². The van der Waals surface area contributed by atoms with Crippen LogP contribution in [0.25, 0.3) is 25.7 Å². The molecule has 0 amide bonds. The van der Waals surface area contributed by atoms with Crippen LogP contribution in [0.1, 0.15) is 32.0 Å². The van der Waals surface area contributed by atoms with Crippen molar-refractivity contribution in [2.45, 2.75) is 27.2 Å². The molecule has 0 atom stereocenters. The average molecular weight is 307 g/mol. The van der Waals surface area contributed by atoms with Gasteiger partial charge in [-0.25, -0.2) is 0 Å². The van der Waals surface area contributed by atoms with E-state index < -0.39 is 0 Å². The Morgan fingerprint density at radius 1 is 1.18 bits per heavy atom. The fourth-order valence-corrected chi connectivity index (χ4v) is 4.15. The van der Waals surface area contributed by atoms with E-state index in [0.29, 0.717) is 0 Å². The Hall–Kier alpha value is -1.93. The van der Waals surface area contributed by atoms with E-state index in [2.05, 4.69) is 63.2 Å². The Morgan fingerprint density at radius 3 is 2.59 bits per heavy atom. The molecular formula is C20H21NS. The summed E-state index contributed by atoms with van der Waals surface area (Å²) in [7, 11) is 0. The third kappa shape index (κ3) is 2.59. The highest BCUT2D eigenvalue weighted by atomic mass is 32.1. The number of rotatable bonds is 3. The van der Waals surface area contributed by atoms with Gasteiger partial charge in [-0.1, -0.05) is 58.2 Å². The molecule has 0 radical (unpaired) electrons. The largest absolute Gasteiger partial charge is 0.255 e. The van der Waals surface area contributed by atoms with Gasteiger partial charge in [-0.05, 0) is 29.0 Å². The molecule has 3 rings (SSSR count). The molecule has 0 fully saturated rings. The number of nitrogens with zero attached hydrogens (tertiary/aromatic N) is 1. The molecule has 0 aliphatic rings. The molecule has 2 heterocycles. The van der Waals surface area contributed by atoms with Gasteiger partial charge in [0.1, 0.15) is 0 Å². The second kappa shape index (κ2) is 5.36. The van der Waals surface area contributed by atoms with Gasteiger partial charge in [0, 0.05) is 21.7 Å². The van der Waals surface area contributed by atoms with E-state index in [1.807, 2.05) is 17.5 Å². The summed E-state index contributed by atoms with van der Waals surface area (Å²) in [5, 5.41) is 2.59. The lowest BCUT2D eigenvalue weighted by atomic mass is 9.88. The van der Waals surface area contributed by atoms with Crippen molar-refractivity contribution in [3.63, 3.8) is 0 Å². The van der Waals surface area contributed by atoms with Gasteiger partial charge in [-0.3, -0.25) is 4.98 Å². The Bertz CT molecular complexity index is 878. The molecule has 22 heavy (non-hydrogen) atoms. The van der Waals surface area contributed by atoms with Crippen LogP contribution >= 0.6 is 11.3 Å². The molecule has 0 saturated heterocycles. The van der Waals surface area contributed by atoms with Crippen molar-refractivity contribution < 1.29 is 0 Å². The van der Waals surface area contributed by atoms with Crippen LogP contribution in [0.15, 0.2) is 49.7 Å². The first-order chi connectivity index (χ1) is 10.4. The zero-order valence-electron chi connectivity index (χ0n) is 13.4. The summed E-state index contributed by atoms with van der Waals surface area (Å²) in [5.41, 5.74) is 3.53. The monoisotopic (exact) mass is 307 g/mol. The second-order valence-electron chi connectivity index (χ2n) is 6.90. The molecule has 112 valence electrons. The first-order valence-corrected chi connectivity index (χ1v) is 8.33.